The third-order valence-electron chi connectivity index (χ3n) is 2.98. The molecule has 0 aliphatic heterocycles. The third-order valence-corrected chi connectivity index (χ3v) is 2.98. The highest BCUT2D eigenvalue weighted by Crippen LogP contribution is 2.26. The van der Waals surface area contributed by atoms with Gasteiger partial charge in [0.05, 0.1) is 0 Å². The van der Waals surface area contributed by atoms with Crippen LogP contribution >= 0.6 is 0 Å². The molecular formula is C16H17FN2O. The van der Waals surface area contributed by atoms with Crippen LogP contribution in [0.2, 0.25) is 0 Å². The SMILES string of the molecule is CCCNC(=O)c1cc(N)ccc1-c1ccc(F)cc1. The molecule has 104 valence electrons. The molecule has 0 saturated heterocycles. The highest BCUT2D eigenvalue weighted by molar-refractivity contribution is 6.01. The zero-order valence-electron chi connectivity index (χ0n) is 11.3. The molecule has 2 aromatic carbocycles. The lowest BCUT2D eigenvalue weighted by atomic mass is 9.98. The van der Waals surface area contributed by atoms with Crippen LogP contribution in [0, 0.1) is 5.82 Å². The topological polar surface area (TPSA) is 55.1 Å². The summed E-state index contributed by atoms with van der Waals surface area (Å²) >= 11 is 0. The number of benzene rings is 2. The molecule has 0 aliphatic rings. The van der Waals surface area contributed by atoms with Crippen LogP contribution in [-0.4, -0.2) is 12.5 Å². The van der Waals surface area contributed by atoms with Crippen molar-refractivity contribution >= 4 is 11.6 Å². The standard InChI is InChI=1S/C16H17FN2O/c1-2-9-19-16(20)15-10-13(18)7-8-14(15)11-3-5-12(17)6-4-11/h3-8,10H,2,9,18H2,1H3,(H,19,20). The fourth-order valence-electron chi connectivity index (χ4n) is 1.96. The van der Waals surface area contributed by atoms with Gasteiger partial charge in [-0.25, -0.2) is 4.39 Å². The predicted octanol–water partition coefficient (Wildman–Crippen LogP) is 3.21. The molecule has 0 bridgehead atoms. The fourth-order valence-corrected chi connectivity index (χ4v) is 1.96. The van der Waals surface area contributed by atoms with Gasteiger partial charge in [-0.1, -0.05) is 25.1 Å². The molecule has 2 aromatic rings. The molecule has 0 aromatic heterocycles. The smallest absolute Gasteiger partial charge is 0.251 e. The average molecular weight is 272 g/mol. The lowest BCUT2D eigenvalue weighted by Gasteiger charge is -2.11. The molecule has 1 amide bonds. The molecule has 0 atom stereocenters. The van der Waals surface area contributed by atoms with Gasteiger partial charge in [0.2, 0.25) is 0 Å². The maximum absolute atomic E-state index is 13.0. The zero-order chi connectivity index (χ0) is 14.5. The van der Waals surface area contributed by atoms with Crippen LogP contribution in [0.3, 0.4) is 0 Å². The third kappa shape index (κ3) is 3.15. The molecular weight excluding hydrogens is 255 g/mol. The second-order valence-corrected chi connectivity index (χ2v) is 4.57. The Hall–Kier alpha value is -2.36. The summed E-state index contributed by atoms with van der Waals surface area (Å²) in [4.78, 5) is 12.2. The fraction of sp³-hybridized carbons (Fsp3) is 0.188. The summed E-state index contributed by atoms with van der Waals surface area (Å²) in [6.45, 7) is 2.59. The summed E-state index contributed by atoms with van der Waals surface area (Å²) < 4.78 is 13.0. The number of halogens is 1. The molecule has 20 heavy (non-hydrogen) atoms. The van der Waals surface area contributed by atoms with Crippen LogP contribution in [0.5, 0.6) is 0 Å². The summed E-state index contributed by atoms with van der Waals surface area (Å²) in [5, 5.41) is 2.83. The Morgan fingerprint density at radius 3 is 2.55 bits per heavy atom. The van der Waals surface area contributed by atoms with Crippen molar-refractivity contribution in [1.29, 1.82) is 0 Å². The summed E-state index contributed by atoms with van der Waals surface area (Å²) in [7, 11) is 0. The zero-order valence-corrected chi connectivity index (χ0v) is 11.3. The molecule has 0 radical (unpaired) electrons. The first-order valence-electron chi connectivity index (χ1n) is 6.55. The van der Waals surface area contributed by atoms with E-state index in [4.69, 9.17) is 5.73 Å². The number of amides is 1. The maximum Gasteiger partial charge on any atom is 0.251 e. The van der Waals surface area contributed by atoms with E-state index in [2.05, 4.69) is 5.32 Å². The van der Waals surface area contributed by atoms with Crippen LogP contribution < -0.4 is 11.1 Å². The first-order valence-corrected chi connectivity index (χ1v) is 6.55. The second-order valence-electron chi connectivity index (χ2n) is 4.57. The number of nitrogens with two attached hydrogens (primary N) is 1. The van der Waals surface area contributed by atoms with Gasteiger partial charge in [-0.05, 0) is 41.8 Å². The number of hydrogen-bond acceptors (Lipinski definition) is 2. The molecule has 0 aliphatic carbocycles. The van der Waals surface area contributed by atoms with E-state index in [9.17, 15) is 9.18 Å². The highest BCUT2D eigenvalue weighted by atomic mass is 19.1. The van der Waals surface area contributed by atoms with Gasteiger partial charge in [0.15, 0.2) is 0 Å². The van der Waals surface area contributed by atoms with E-state index in [1.165, 1.54) is 12.1 Å². The summed E-state index contributed by atoms with van der Waals surface area (Å²) in [6, 6.07) is 11.2. The normalized spacial score (nSPS) is 10.3. The van der Waals surface area contributed by atoms with E-state index in [0.717, 1.165) is 17.5 Å². The number of nitrogens with one attached hydrogen (secondary N) is 1. The van der Waals surface area contributed by atoms with Crippen LogP contribution in [-0.2, 0) is 0 Å². The highest BCUT2D eigenvalue weighted by Gasteiger charge is 2.13. The molecule has 0 fully saturated rings. The molecule has 0 unspecified atom stereocenters. The Kier molecular flexibility index (Phi) is 4.35. The Bertz CT molecular complexity index is 608. The summed E-state index contributed by atoms with van der Waals surface area (Å²) in [6.07, 6.45) is 0.861. The average Bonchev–Trinajstić information content (AvgIpc) is 2.46. The number of hydrogen-bond donors (Lipinski definition) is 2. The number of carbonyl (C=O) groups excluding carboxylic acids is 1. The van der Waals surface area contributed by atoms with Crippen molar-refractivity contribution < 1.29 is 9.18 Å². The Morgan fingerprint density at radius 2 is 1.90 bits per heavy atom. The maximum atomic E-state index is 13.0. The monoisotopic (exact) mass is 272 g/mol. The summed E-state index contributed by atoms with van der Waals surface area (Å²) in [5.74, 6) is -0.473. The molecule has 0 saturated carbocycles. The first-order chi connectivity index (χ1) is 9.61. The minimum Gasteiger partial charge on any atom is -0.399 e. The van der Waals surface area contributed by atoms with Gasteiger partial charge >= 0.3 is 0 Å². The van der Waals surface area contributed by atoms with Gasteiger partial charge in [0.1, 0.15) is 5.82 Å². The Balaban J connectivity index is 2.42. The molecule has 0 heterocycles. The summed E-state index contributed by atoms with van der Waals surface area (Å²) in [5.41, 5.74) is 8.31. The van der Waals surface area contributed by atoms with Gasteiger partial charge < -0.3 is 11.1 Å². The lowest BCUT2D eigenvalue weighted by Crippen LogP contribution is -2.24. The van der Waals surface area contributed by atoms with E-state index in [1.54, 1.807) is 30.3 Å². The van der Waals surface area contributed by atoms with Crippen LogP contribution in [0.15, 0.2) is 42.5 Å². The van der Waals surface area contributed by atoms with E-state index in [0.29, 0.717) is 17.8 Å². The van der Waals surface area contributed by atoms with E-state index < -0.39 is 0 Å². The molecule has 3 nitrogen and oxygen atoms in total. The van der Waals surface area contributed by atoms with Crippen molar-refractivity contribution in [1.82, 2.24) is 5.32 Å². The van der Waals surface area contributed by atoms with Crippen molar-refractivity contribution in [3.05, 3.63) is 53.8 Å². The minimum atomic E-state index is -0.304. The van der Waals surface area contributed by atoms with Crippen molar-refractivity contribution in [3.8, 4) is 11.1 Å². The number of nitrogen functional groups attached to an aromatic ring is 1. The van der Waals surface area contributed by atoms with E-state index >= 15 is 0 Å². The quantitative estimate of drug-likeness (QED) is 0.840. The molecule has 4 heteroatoms. The molecule has 0 spiro atoms. The van der Waals surface area contributed by atoms with Crippen LogP contribution in [0.1, 0.15) is 23.7 Å². The Morgan fingerprint density at radius 1 is 1.20 bits per heavy atom. The van der Waals surface area contributed by atoms with Gasteiger partial charge in [-0.3, -0.25) is 4.79 Å². The number of rotatable bonds is 4. The lowest BCUT2D eigenvalue weighted by molar-refractivity contribution is 0.0954. The van der Waals surface area contributed by atoms with Crippen molar-refractivity contribution in [3.63, 3.8) is 0 Å². The number of anilines is 1. The van der Waals surface area contributed by atoms with Crippen molar-refractivity contribution in [2.75, 3.05) is 12.3 Å². The van der Waals surface area contributed by atoms with Crippen LogP contribution in [0.25, 0.3) is 11.1 Å². The second kappa shape index (κ2) is 6.19. The first kappa shape index (κ1) is 14.1. The van der Waals surface area contributed by atoms with Crippen LogP contribution in [0.4, 0.5) is 10.1 Å². The minimum absolute atomic E-state index is 0.168. The largest absolute Gasteiger partial charge is 0.399 e. The number of carbonyl (C=O) groups is 1. The van der Waals surface area contributed by atoms with Crippen molar-refractivity contribution in [2.24, 2.45) is 0 Å². The Labute approximate surface area is 117 Å². The van der Waals surface area contributed by atoms with Gasteiger partial charge in [-0.2, -0.15) is 0 Å². The van der Waals surface area contributed by atoms with E-state index in [-0.39, 0.29) is 11.7 Å². The van der Waals surface area contributed by atoms with Gasteiger partial charge in [0.25, 0.3) is 5.91 Å². The molecule has 2 rings (SSSR count). The van der Waals surface area contributed by atoms with E-state index in [1.807, 2.05) is 6.92 Å². The van der Waals surface area contributed by atoms with Gasteiger partial charge in [-0.15, -0.1) is 0 Å². The predicted molar refractivity (Wildman–Crippen MR) is 78.9 cm³/mol. The van der Waals surface area contributed by atoms with Gasteiger partial charge in [0, 0.05) is 17.8 Å². The van der Waals surface area contributed by atoms with Crippen molar-refractivity contribution in [2.45, 2.75) is 13.3 Å². The molecule has 3 N–H and O–H groups in total.